The fourth-order valence-corrected chi connectivity index (χ4v) is 2.13. The highest BCUT2D eigenvalue weighted by atomic mass is 35.5. The van der Waals surface area contributed by atoms with Gasteiger partial charge in [-0.15, -0.1) is 5.10 Å². The molecule has 0 bridgehead atoms. The van der Waals surface area contributed by atoms with Gasteiger partial charge in [-0.25, -0.2) is 0 Å². The molecule has 0 radical (unpaired) electrons. The highest BCUT2D eigenvalue weighted by Crippen LogP contribution is 2.23. The van der Waals surface area contributed by atoms with Crippen molar-refractivity contribution >= 4 is 11.6 Å². The summed E-state index contributed by atoms with van der Waals surface area (Å²) in [7, 11) is 1.83. The second-order valence-corrected chi connectivity index (χ2v) is 5.89. The first-order chi connectivity index (χ1) is 10.0. The average molecular weight is 309 g/mol. The van der Waals surface area contributed by atoms with Crippen LogP contribution in [0.3, 0.4) is 0 Å². The Morgan fingerprint density at radius 2 is 2.19 bits per heavy atom. The van der Waals surface area contributed by atoms with Gasteiger partial charge in [-0.2, -0.15) is 0 Å². The molecule has 0 aliphatic heterocycles. The van der Waals surface area contributed by atoms with Gasteiger partial charge in [0.25, 0.3) is 0 Å². The number of nitrogens with zero attached hydrogens (tertiary/aromatic N) is 3. The fraction of sp³-hybridized carbons (Fsp3) is 0.467. The molecule has 0 saturated carbocycles. The van der Waals surface area contributed by atoms with Gasteiger partial charge < -0.3 is 10.1 Å². The molecule has 0 atom stereocenters. The van der Waals surface area contributed by atoms with Crippen molar-refractivity contribution in [3.05, 3.63) is 40.7 Å². The molecule has 5 nitrogen and oxygen atoms in total. The monoisotopic (exact) mass is 308 g/mol. The lowest BCUT2D eigenvalue weighted by Crippen LogP contribution is -2.19. The molecule has 0 saturated heterocycles. The summed E-state index contributed by atoms with van der Waals surface area (Å²) >= 11 is 6.07. The minimum absolute atomic E-state index is 0.395. The molecule has 2 aromatic rings. The molecule has 114 valence electrons. The fourth-order valence-electron chi connectivity index (χ4n) is 1.94. The average Bonchev–Trinajstić information content (AvgIpc) is 2.83. The smallest absolute Gasteiger partial charge is 0.134 e. The lowest BCUT2D eigenvalue weighted by molar-refractivity contribution is 0.297. The zero-order valence-electron chi connectivity index (χ0n) is 12.6. The molecular formula is C15H21ClN4O. The van der Waals surface area contributed by atoms with Crippen LogP contribution in [0.4, 0.5) is 0 Å². The van der Waals surface area contributed by atoms with Crippen molar-refractivity contribution in [3.8, 4) is 5.75 Å². The van der Waals surface area contributed by atoms with Crippen LogP contribution in [0, 0.1) is 5.92 Å². The highest BCUT2D eigenvalue weighted by Gasteiger charge is 2.07. The lowest BCUT2D eigenvalue weighted by Gasteiger charge is -2.13. The second kappa shape index (κ2) is 7.43. The Labute approximate surface area is 130 Å². The van der Waals surface area contributed by atoms with E-state index in [-0.39, 0.29) is 0 Å². The highest BCUT2D eigenvalue weighted by molar-refractivity contribution is 6.30. The van der Waals surface area contributed by atoms with Crippen molar-refractivity contribution in [1.82, 2.24) is 20.3 Å². The Kier molecular flexibility index (Phi) is 5.59. The maximum atomic E-state index is 6.07. The number of ether oxygens (including phenoxy) is 1. The zero-order chi connectivity index (χ0) is 15.2. The van der Waals surface area contributed by atoms with E-state index in [4.69, 9.17) is 16.3 Å². The number of aryl methyl sites for hydroxylation is 1. The zero-order valence-corrected chi connectivity index (χ0v) is 13.4. The van der Waals surface area contributed by atoms with E-state index in [0.29, 0.717) is 17.5 Å². The third-order valence-corrected chi connectivity index (χ3v) is 3.15. The van der Waals surface area contributed by atoms with Crippen LogP contribution in [0.2, 0.25) is 5.02 Å². The van der Waals surface area contributed by atoms with Gasteiger partial charge in [0.1, 0.15) is 18.1 Å². The van der Waals surface area contributed by atoms with Gasteiger partial charge in [-0.3, -0.25) is 4.68 Å². The van der Waals surface area contributed by atoms with Crippen LogP contribution >= 0.6 is 11.6 Å². The maximum Gasteiger partial charge on any atom is 0.134 e. The van der Waals surface area contributed by atoms with Crippen molar-refractivity contribution in [3.63, 3.8) is 0 Å². The molecule has 21 heavy (non-hydrogen) atoms. The third-order valence-electron chi connectivity index (χ3n) is 2.92. The first-order valence-corrected chi connectivity index (χ1v) is 7.39. The topological polar surface area (TPSA) is 52.0 Å². The number of aromatic nitrogens is 3. The molecule has 0 fully saturated rings. The number of rotatable bonds is 7. The van der Waals surface area contributed by atoms with Crippen LogP contribution in [0.1, 0.15) is 25.1 Å². The summed E-state index contributed by atoms with van der Waals surface area (Å²) in [5, 5.41) is 12.0. The van der Waals surface area contributed by atoms with Gasteiger partial charge in [0, 0.05) is 24.2 Å². The van der Waals surface area contributed by atoms with Crippen molar-refractivity contribution in [2.75, 3.05) is 6.54 Å². The summed E-state index contributed by atoms with van der Waals surface area (Å²) in [4.78, 5) is 0. The van der Waals surface area contributed by atoms with E-state index < -0.39 is 0 Å². The molecule has 2 rings (SSSR count). The molecular weight excluding hydrogens is 288 g/mol. The molecule has 6 heteroatoms. The van der Waals surface area contributed by atoms with Crippen molar-refractivity contribution in [1.29, 1.82) is 0 Å². The van der Waals surface area contributed by atoms with E-state index >= 15 is 0 Å². The Hall–Kier alpha value is -1.59. The quantitative estimate of drug-likeness (QED) is 0.854. The lowest BCUT2D eigenvalue weighted by atomic mass is 10.2. The molecule has 0 amide bonds. The van der Waals surface area contributed by atoms with Crippen LogP contribution in [0.25, 0.3) is 0 Å². The summed E-state index contributed by atoms with van der Waals surface area (Å²) in [6, 6.07) is 5.66. The van der Waals surface area contributed by atoms with E-state index in [2.05, 4.69) is 29.5 Å². The van der Waals surface area contributed by atoms with Gasteiger partial charge in [0.15, 0.2) is 0 Å². The number of nitrogens with one attached hydrogen (secondary N) is 1. The normalized spacial score (nSPS) is 11.1. The van der Waals surface area contributed by atoms with Crippen molar-refractivity contribution in [2.24, 2.45) is 13.0 Å². The first kappa shape index (κ1) is 15.8. The summed E-state index contributed by atoms with van der Waals surface area (Å²) in [6.45, 7) is 6.43. The molecule has 0 aliphatic rings. The Balaban J connectivity index is 2.00. The van der Waals surface area contributed by atoms with Gasteiger partial charge in [0.05, 0.1) is 6.20 Å². The SMILES string of the molecule is CC(C)CNCc1cc(Cl)ccc1OCc1cn(C)nn1. The molecule has 0 unspecified atom stereocenters. The van der Waals surface area contributed by atoms with Crippen LogP contribution in [0.15, 0.2) is 24.4 Å². The van der Waals surface area contributed by atoms with Gasteiger partial charge in [0.2, 0.25) is 0 Å². The van der Waals surface area contributed by atoms with Crippen LogP contribution in [-0.2, 0) is 20.2 Å². The molecule has 0 aliphatic carbocycles. The Bertz CT molecular complexity index is 583. The Morgan fingerprint density at radius 3 is 2.86 bits per heavy atom. The predicted octanol–water partition coefficient (Wildman–Crippen LogP) is 2.79. The standard InChI is InChI=1S/C15H21ClN4O/c1-11(2)7-17-8-12-6-13(16)4-5-15(12)21-10-14-9-20(3)19-18-14/h4-6,9,11,17H,7-8,10H2,1-3H3. The van der Waals surface area contributed by atoms with E-state index in [9.17, 15) is 0 Å². The molecule has 1 N–H and O–H groups in total. The molecule has 1 aromatic heterocycles. The third kappa shape index (κ3) is 5.02. The van der Waals surface area contributed by atoms with Gasteiger partial charge in [-0.1, -0.05) is 30.7 Å². The number of halogens is 1. The molecule has 1 aromatic carbocycles. The van der Waals surface area contributed by atoms with E-state index in [1.165, 1.54) is 0 Å². The number of hydrogen-bond acceptors (Lipinski definition) is 4. The second-order valence-electron chi connectivity index (χ2n) is 5.45. The summed E-state index contributed by atoms with van der Waals surface area (Å²) in [5.41, 5.74) is 1.85. The summed E-state index contributed by atoms with van der Waals surface area (Å²) in [5.74, 6) is 1.43. The van der Waals surface area contributed by atoms with E-state index in [0.717, 1.165) is 30.1 Å². The van der Waals surface area contributed by atoms with Gasteiger partial charge in [-0.05, 0) is 30.7 Å². The largest absolute Gasteiger partial charge is 0.487 e. The van der Waals surface area contributed by atoms with Crippen molar-refractivity contribution < 1.29 is 4.74 Å². The number of hydrogen-bond donors (Lipinski definition) is 1. The first-order valence-electron chi connectivity index (χ1n) is 7.01. The molecule has 1 heterocycles. The van der Waals surface area contributed by atoms with Crippen molar-refractivity contribution in [2.45, 2.75) is 27.0 Å². The Morgan fingerprint density at radius 1 is 1.38 bits per heavy atom. The summed E-state index contributed by atoms with van der Waals surface area (Å²) in [6.07, 6.45) is 1.84. The van der Waals surface area contributed by atoms with E-state index in [1.807, 2.05) is 31.4 Å². The minimum Gasteiger partial charge on any atom is -0.487 e. The van der Waals surface area contributed by atoms with Crippen LogP contribution in [-0.4, -0.2) is 21.5 Å². The van der Waals surface area contributed by atoms with Crippen LogP contribution < -0.4 is 10.1 Å². The van der Waals surface area contributed by atoms with E-state index in [1.54, 1.807) is 4.68 Å². The van der Waals surface area contributed by atoms with Gasteiger partial charge >= 0.3 is 0 Å². The molecule has 0 spiro atoms. The number of benzene rings is 1. The predicted molar refractivity (Wildman–Crippen MR) is 83.3 cm³/mol. The summed E-state index contributed by atoms with van der Waals surface area (Å²) < 4.78 is 7.49. The van der Waals surface area contributed by atoms with Crippen LogP contribution in [0.5, 0.6) is 5.75 Å². The maximum absolute atomic E-state index is 6.07. The minimum atomic E-state index is 0.395.